The van der Waals surface area contributed by atoms with Crippen LogP contribution in [0.25, 0.3) is 0 Å². The second kappa shape index (κ2) is 13.9. The van der Waals surface area contributed by atoms with Gasteiger partial charge in [-0.25, -0.2) is 19.4 Å². The van der Waals surface area contributed by atoms with Gasteiger partial charge in [0.05, 0.1) is 41.8 Å². The van der Waals surface area contributed by atoms with Crippen LogP contribution in [-0.4, -0.2) is 91.2 Å². The van der Waals surface area contributed by atoms with E-state index >= 15 is 0 Å². The first-order valence-corrected chi connectivity index (χ1v) is 17.0. The van der Waals surface area contributed by atoms with Gasteiger partial charge in [-0.2, -0.15) is 0 Å². The number of aromatic nitrogens is 2. The number of ether oxygens (including phenoxy) is 1. The van der Waals surface area contributed by atoms with E-state index in [2.05, 4.69) is 48.9 Å². The molecule has 0 saturated carbocycles. The Hall–Kier alpha value is -3.97. The molecule has 1 aromatic heterocycles. The first-order valence-electron chi connectivity index (χ1n) is 16.6. The Kier molecular flexibility index (Phi) is 9.41. The number of piperidine rings is 1. The molecular weight excluding hydrogens is 635 g/mol. The average molecular weight is 677 g/mol. The molecule has 2 aromatic carbocycles. The number of rotatable bonds is 9. The molecule has 4 aliphatic rings. The van der Waals surface area contributed by atoms with E-state index in [1.165, 1.54) is 38.0 Å². The van der Waals surface area contributed by atoms with Gasteiger partial charge in [0, 0.05) is 56.8 Å². The van der Waals surface area contributed by atoms with Gasteiger partial charge in [-0.15, -0.1) is 0 Å². The van der Waals surface area contributed by atoms with E-state index in [-0.39, 0.29) is 17.0 Å². The number of likely N-dealkylation sites (N-methyl/N-ethyl adjacent to an activating group) is 1. The summed E-state index contributed by atoms with van der Waals surface area (Å²) in [5, 5.41) is 8.06. The molecule has 48 heavy (non-hydrogen) atoms. The number of anilines is 5. The van der Waals surface area contributed by atoms with Crippen molar-refractivity contribution in [1.82, 2.24) is 19.8 Å². The minimum Gasteiger partial charge on any atom is -0.494 e. The maximum Gasteiger partial charge on any atom is 0.247 e. The van der Waals surface area contributed by atoms with Gasteiger partial charge < -0.3 is 25.2 Å². The van der Waals surface area contributed by atoms with Crippen LogP contribution in [0, 0.1) is 11.7 Å². The number of carbonyl (C=O) groups is 1. The van der Waals surface area contributed by atoms with E-state index in [1.807, 2.05) is 12.1 Å². The summed E-state index contributed by atoms with van der Waals surface area (Å²) in [6.45, 7) is 9.41. The van der Waals surface area contributed by atoms with E-state index < -0.39 is 5.82 Å². The standard InChI is InChI=1S/C35H42ClFN8O3/c1-4-34(46)41-26-16-27(40-32-18-33(39-21-38-32)45-28(11-15-48-45)24-6-5-7-25(37)35(24)36)31(47-3)17-29(26)43-13-9-23(10-14-43)44-19-22-8-12-42(2)30(22)20-44/h4-7,16-18,21-23,28,30H,1,8-15,19-20H2,2-3H3,(H,41,46)(H,38,39,40)/t22-,28-,30+/m1/s1. The summed E-state index contributed by atoms with van der Waals surface area (Å²) in [6, 6.07) is 11.3. The lowest BCUT2D eigenvalue weighted by molar-refractivity contribution is -0.111. The summed E-state index contributed by atoms with van der Waals surface area (Å²) < 4.78 is 20.1. The fourth-order valence-corrected chi connectivity index (χ4v) is 8.04. The van der Waals surface area contributed by atoms with Crippen molar-refractivity contribution in [3.8, 4) is 5.75 Å². The van der Waals surface area contributed by atoms with Crippen LogP contribution in [0.1, 0.15) is 37.3 Å². The highest BCUT2D eigenvalue weighted by molar-refractivity contribution is 6.31. The van der Waals surface area contributed by atoms with Crippen LogP contribution in [0.5, 0.6) is 5.75 Å². The summed E-state index contributed by atoms with van der Waals surface area (Å²) in [6.07, 6.45) is 6.74. The number of amides is 1. The number of nitrogens with one attached hydrogen (secondary N) is 2. The van der Waals surface area contributed by atoms with E-state index in [0.717, 1.165) is 44.1 Å². The van der Waals surface area contributed by atoms with E-state index in [4.69, 9.17) is 21.2 Å². The largest absolute Gasteiger partial charge is 0.494 e. The first kappa shape index (κ1) is 32.6. The van der Waals surface area contributed by atoms with Gasteiger partial charge in [0.1, 0.15) is 23.7 Å². The molecule has 0 radical (unpaired) electrons. The van der Waals surface area contributed by atoms with Gasteiger partial charge in [0.15, 0.2) is 5.82 Å². The molecule has 0 unspecified atom stereocenters. The minimum atomic E-state index is -0.480. The van der Waals surface area contributed by atoms with Crippen LogP contribution in [0.3, 0.4) is 0 Å². The number of hydrogen-bond acceptors (Lipinski definition) is 10. The van der Waals surface area contributed by atoms with Crippen LogP contribution in [0.15, 0.2) is 55.4 Å². The zero-order chi connectivity index (χ0) is 33.4. The zero-order valence-corrected chi connectivity index (χ0v) is 28.1. The highest BCUT2D eigenvalue weighted by Crippen LogP contribution is 2.42. The van der Waals surface area contributed by atoms with Gasteiger partial charge in [0.2, 0.25) is 5.91 Å². The Morgan fingerprint density at radius 3 is 2.71 bits per heavy atom. The number of methoxy groups -OCH3 is 1. The van der Waals surface area contributed by atoms with Crippen LogP contribution in [0.4, 0.5) is 33.1 Å². The Balaban J connectivity index is 1.10. The van der Waals surface area contributed by atoms with Crippen LogP contribution in [-0.2, 0) is 9.63 Å². The predicted octanol–water partition coefficient (Wildman–Crippen LogP) is 5.63. The van der Waals surface area contributed by atoms with Crippen molar-refractivity contribution in [2.75, 3.05) is 74.1 Å². The molecule has 2 N–H and O–H groups in total. The van der Waals surface area contributed by atoms with Crippen molar-refractivity contribution in [2.45, 2.75) is 43.8 Å². The second-order valence-electron chi connectivity index (χ2n) is 13.0. The van der Waals surface area contributed by atoms with Crippen molar-refractivity contribution < 1.29 is 18.8 Å². The molecule has 254 valence electrons. The van der Waals surface area contributed by atoms with E-state index in [1.54, 1.807) is 30.4 Å². The highest BCUT2D eigenvalue weighted by atomic mass is 35.5. The van der Waals surface area contributed by atoms with Crippen LogP contribution < -0.4 is 25.3 Å². The molecule has 13 heteroatoms. The molecule has 4 saturated heterocycles. The zero-order valence-electron chi connectivity index (χ0n) is 27.4. The molecule has 0 bridgehead atoms. The van der Waals surface area contributed by atoms with E-state index in [0.29, 0.717) is 59.4 Å². The SMILES string of the molecule is C=CC(=O)Nc1cc(Nc2cc(N3OCC[C@@H]3c3cccc(F)c3Cl)ncn2)c(OC)cc1N1CCC(N2C[C@H]3CCN(C)[C@H]3C2)CC1. The van der Waals surface area contributed by atoms with Gasteiger partial charge in [0.25, 0.3) is 0 Å². The first-order chi connectivity index (χ1) is 23.3. The molecule has 1 amide bonds. The lowest BCUT2D eigenvalue weighted by Crippen LogP contribution is -2.45. The number of halogens is 2. The Morgan fingerprint density at radius 2 is 1.94 bits per heavy atom. The maximum atomic E-state index is 14.3. The number of benzene rings is 2. The lowest BCUT2D eigenvalue weighted by Gasteiger charge is -2.39. The lowest BCUT2D eigenvalue weighted by atomic mass is 10.0. The highest BCUT2D eigenvalue weighted by Gasteiger charge is 2.42. The van der Waals surface area contributed by atoms with Crippen LogP contribution >= 0.6 is 11.6 Å². The summed E-state index contributed by atoms with van der Waals surface area (Å²) in [4.78, 5) is 34.9. The molecule has 7 rings (SSSR count). The average Bonchev–Trinajstić information content (AvgIpc) is 3.84. The fraction of sp³-hybridized carbons (Fsp3) is 0.457. The van der Waals surface area contributed by atoms with E-state index in [9.17, 15) is 9.18 Å². The summed E-state index contributed by atoms with van der Waals surface area (Å²) >= 11 is 6.33. The third-order valence-corrected chi connectivity index (χ3v) is 10.7. The van der Waals surface area contributed by atoms with Gasteiger partial charge >= 0.3 is 0 Å². The predicted molar refractivity (Wildman–Crippen MR) is 186 cm³/mol. The number of fused-ring (bicyclic) bond motifs is 1. The maximum absolute atomic E-state index is 14.3. The molecule has 5 heterocycles. The summed E-state index contributed by atoms with van der Waals surface area (Å²) in [7, 11) is 3.88. The normalized spacial score (nSPS) is 23.4. The Labute approximate surface area is 285 Å². The molecule has 3 atom stereocenters. The van der Waals surface area contributed by atoms with Crippen molar-refractivity contribution in [3.05, 3.63) is 71.8 Å². The van der Waals surface area contributed by atoms with Crippen molar-refractivity contribution in [2.24, 2.45) is 5.92 Å². The van der Waals surface area contributed by atoms with Gasteiger partial charge in [-0.1, -0.05) is 30.3 Å². The fourth-order valence-electron chi connectivity index (χ4n) is 7.79. The molecular formula is C35H42ClFN8O3. The van der Waals surface area contributed by atoms with Crippen molar-refractivity contribution in [3.63, 3.8) is 0 Å². The second-order valence-corrected chi connectivity index (χ2v) is 13.4. The number of hydrogen-bond donors (Lipinski definition) is 2. The summed E-state index contributed by atoms with van der Waals surface area (Å²) in [5.74, 6) is 1.58. The number of hydroxylamine groups is 1. The smallest absolute Gasteiger partial charge is 0.247 e. The molecule has 0 aliphatic carbocycles. The molecule has 0 spiro atoms. The minimum absolute atomic E-state index is 0.0692. The van der Waals surface area contributed by atoms with Gasteiger partial charge in [-0.3, -0.25) is 14.5 Å². The third kappa shape index (κ3) is 6.41. The number of carbonyl (C=O) groups excluding carboxylic acids is 1. The molecule has 4 aliphatic heterocycles. The number of nitrogens with zero attached hydrogens (tertiary/aromatic N) is 6. The Bertz CT molecular complexity index is 1670. The van der Waals surface area contributed by atoms with Gasteiger partial charge in [-0.05, 0) is 62.5 Å². The molecule has 3 aromatic rings. The number of likely N-dealkylation sites (tertiary alicyclic amines) is 2. The quantitative estimate of drug-likeness (QED) is 0.278. The van der Waals surface area contributed by atoms with Crippen molar-refractivity contribution in [1.29, 1.82) is 0 Å². The van der Waals surface area contributed by atoms with Crippen LogP contribution in [0.2, 0.25) is 5.02 Å². The monoisotopic (exact) mass is 676 g/mol. The molecule has 11 nitrogen and oxygen atoms in total. The third-order valence-electron chi connectivity index (χ3n) is 10.3. The summed E-state index contributed by atoms with van der Waals surface area (Å²) in [5.41, 5.74) is 2.78. The molecule has 4 fully saturated rings. The van der Waals surface area contributed by atoms with Crippen molar-refractivity contribution >= 4 is 46.2 Å². The topological polar surface area (TPSA) is 98.3 Å². The Morgan fingerprint density at radius 1 is 1.10 bits per heavy atom.